The van der Waals surface area contributed by atoms with E-state index in [9.17, 15) is 4.79 Å². The van der Waals surface area contributed by atoms with Crippen molar-refractivity contribution in [2.24, 2.45) is 0 Å². The Morgan fingerprint density at radius 1 is 1.43 bits per heavy atom. The van der Waals surface area contributed by atoms with Gasteiger partial charge in [0.25, 0.3) is 0 Å². The molecule has 0 radical (unpaired) electrons. The summed E-state index contributed by atoms with van der Waals surface area (Å²) in [4.78, 5) is 14.5. The molecular formula is C15H21N5O. The lowest BCUT2D eigenvalue weighted by atomic mass is 9.94. The van der Waals surface area contributed by atoms with Gasteiger partial charge in [-0.2, -0.15) is 10.2 Å². The summed E-state index contributed by atoms with van der Waals surface area (Å²) < 4.78 is 0. The Bertz CT molecular complexity index is 597. The van der Waals surface area contributed by atoms with Gasteiger partial charge in [-0.15, -0.1) is 0 Å². The number of likely N-dealkylation sites (tertiary alicyclic amines) is 1. The Morgan fingerprint density at radius 2 is 2.29 bits per heavy atom. The normalized spacial score (nSPS) is 19.0. The van der Waals surface area contributed by atoms with Crippen LogP contribution in [0.1, 0.15) is 41.4 Å². The van der Waals surface area contributed by atoms with Crippen LogP contribution in [-0.4, -0.2) is 44.3 Å². The molecule has 0 aromatic carbocycles. The Kier molecular flexibility index (Phi) is 3.77. The van der Waals surface area contributed by atoms with E-state index in [2.05, 4.69) is 20.4 Å². The van der Waals surface area contributed by atoms with Crippen molar-refractivity contribution in [1.29, 1.82) is 0 Å². The number of carbonyl (C=O) groups excluding carboxylic acids is 1. The van der Waals surface area contributed by atoms with Gasteiger partial charge in [-0.1, -0.05) is 0 Å². The van der Waals surface area contributed by atoms with Gasteiger partial charge < -0.3 is 4.90 Å². The summed E-state index contributed by atoms with van der Waals surface area (Å²) in [6.45, 7) is 5.53. The van der Waals surface area contributed by atoms with Crippen LogP contribution in [0.2, 0.25) is 0 Å². The van der Waals surface area contributed by atoms with Crippen LogP contribution in [0.4, 0.5) is 0 Å². The number of hydrogen-bond donors (Lipinski definition) is 2. The first kappa shape index (κ1) is 13.9. The van der Waals surface area contributed by atoms with Crippen molar-refractivity contribution in [3.63, 3.8) is 0 Å². The summed E-state index contributed by atoms with van der Waals surface area (Å²) in [5.74, 6) is 0.559. The SMILES string of the molecule is Cc1n[nH]c(C)c1CC(=O)N1CCCC(c2ccn[nH]2)C1. The van der Waals surface area contributed by atoms with E-state index in [1.165, 1.54) is 0 Å². The van der Waals surface area contributed by atoms with Gasteiger partial charge in [0.1, 0.15) is 0 Å². The molecule has 3 rings (SSSR count). The number of nitrogens with zero attached hydrogens (tertiary/aromatic N) is 3. The van der Waals surface area contributed by atoms with Crippen LogP contribution >= 0.6 is 0 Å². The lowest BCUT2D eigenvalue weighted by molar-refractivity contribution is -0.131. The molecule has 2 aromatic rings. The molecule has 3 heterocycles. The Hall–Kier alpha value is -2.11. The van der Waals surface area contributed by atoms with Crippen molar-refractivity contribution in [2.45, 2.75) is 39.0 Å². The maximum Gasteiger partial charge on any atom is 0.227 e. The van der Waals surface area contributed by atoms with Crippen LogP contribution in [0.3, 0.4) is 0 Å². The van der Waals surface area contributed by atoms with Crippen LogP contribution in [0, 0.1) is 13.8 Å². The van der Waals surface area contributed by atoms with Crippen LogP contribution < -0.4 is 0 Å². The lowest BCUT2D eigenvalue weighted by Crippen LogP contribution is -2.40. The number of rotatable bonds is 3. The molecule has 0 bridgehead atoms. The molecule has 6 heteroatoms. The third kappa shape index (κ3) is 2.84. The minimum atomic E-state index is 0.187. The van der Waals surface area contributed by atoms with Crippen molar-refractivity contribution in [3.05, 3.63) is 34.9 Å². The summed E-state index contributed by atoms with van der Waals surface area (Å²) in [5.41, 5.74) is 4.07. The molecule has 0 spiro atoms. The highest BCUT2D eigenvalue weighted by molar-refractivity contribution is 5.79. The fourth-order valence-electron chi connectivity index (χ4n) is 3.05. The smallest absolute Gasteiger partial charge is 0.227 e. The van der Waals surface area contributed by atoms with Gasteiger partial charge in [0.05, 0.1) is 12.1 Å². The van der Waals surface area contributed by atoms with E-state index in [1.807, 2.05) is 24.8 Å². The zero-order chi connectivity index (χ0) is 14.8. The topological polar surface area (TPSA) is 77.7 Å². The van der Waals surface area contributed by atoms with Gasteiger partial charge in [0, 0.05) is 42.2 Å². The molecule has 1 fully saturated rings. The number of amides is 1. The fraction of sp³-hybridized carbons (Fsp3) is 0.533. The third-order valence-corrected chi connectivity index (χ3v) is 4.34. The van der Waals surface area contributed by atoms with Crippen molar-refractivity contribution in [3.8, 4) is 0 Å². The number of aromatic amines is 2. The standard InChI is InChI=1S/C15H21N5O/c1-10-13(11(2)18-17-10)8-15(21)20-7-3-4-12(9-20)14-5-6-16-19-14/h5-6,12H,3-4,7-9H2,1-2H3,(H,16,19)(H,17,18). The van der Waals surface area contributed by atoms with Crippen molar-refractivity contribution in [1.82, 2.24) is 25.3 Å². The third-order valence-electron chi connectivity index (χ3n) is 4.34. The highest BCUT2D eigenvalue weighted by Crippen LogP contribution is 2.25. The van der Waals surface area contributed by atoms with E-state index in [-0.39, 0.29) is 5.91 Å². The maximum atomic E-state index is 12.5. The van der Waals surface area contributed by atoms with E-state index in [0.29, 0.717) is 12.3 Å². The molecule has 1 atom stereocenters. The monoisotopic (exact) mass is 287 g/mol. The number of H-pyrrole nitrogens is 2. The molecule has 0 aliphatic carbocycles. The molecule has 2 N–H and O–H groups in total. The molecule has 1 amide bonds. The molecule has 6 nitrogen and oxygen atoms in total. The van der Waals surface area contributed by atoms with Gasteiger partial charge in [0.2, 0.25) is 5.91 Å². The molecule has 0 saturated carbocycles. The molecule has 112 valence electrons. The van der Waals surface area contributed by atoms with Crippen LogP contribution in [-0.2, 0) is 11.2 Å². The highest BCUT2D eigenvalue weighted by atomic mass is 16.2. The van der Waals surface area contributed by atoms with E-state index in [4.69, 9.17) is 0 Å². The van der Waals surface area contributed by atoms with E-state index >= 15 is 0 Å². The molecule has 1 aliphatic rings. The largest absolute Gasteiger partial charge is 0.342 e. The second-order valence-electron chi connectivity index (χ2n) is 5.78. The van der Waals surface area contributed by atoms with Gasteiger partial charge >= 0.3 is 0 Å². The molecule has 21 heavy (non-hydrogen) atoms. The number of aromatic nitrogens is 4. The van der Waals surface area contributed by atoms with Gasteiger partial charge in [-0.25, -0.2) is 0 Å². The molecule has 1 saturated heterocycles. The summed E-state index contributed by atoms with van der Waals surface area (Å²) in [6.07, 6.45) is 4.35. The minimum absolute atomic E-state index is 0.187. The summed E-state index contributed by atoms with van der Waals surface area (Å²) >= 11 is 0. The first-order valence-electron chi connectivity index (χ1n) is 7.42. The van der Waals surface area contributed by atoms with Crippen molar-refractivity contribution in [2.75, 3.05) is 13.1 Å². The number of piperidine rings is 1. The number of aryl methyl sites for hydroxylation is 2. The van der Waals surface area contributed by atoms with Crippen LogP contribution in [0.25, 0.3) is 0 Å². The molecular weight excluding hydrogens is 266 g/mol. The second-order valence-corrected chi connectivity index (χ2v) is 5.78. The van der Waals surface area contributed by atoms with E-state index in [1.54, 1.807) is 6.20 Å². The first-order chi connectivity index (χ1) is 10.1. The molecule has 1 unspecified atom stereocenters. The number of carbonyl (C=O) groups is 1. The predicted octanol–water partition coefficient (Wildman–Crippen LogP) is 1.70. The van der Waals surface area contributed by atoms with E-state index < -0.39 is 0 Å². The summed E-state index contributed by atoms with van der Waals surface area (Å²) in [7, 11) is 0. The minimum Gasteiger partial charge on any atom is -0.342 e. The van der Waals surface area contributed by atoms with Gasteiger partial charge in [0.15, 0.2) is 0 Å². The van der Waals surface area contributed by atoms with Crippen molar-refractivity contribution < 1.29 is 4.79 Å². The average molecular weight is 287 g/mol. The Balaban J connectivity index is 1.67. The Labute approximate surface area is 123 Å². The van der Waals surface area contributed by atoms with Crippen LogP contribution in [0.15, 0.2) is 12.3 Å². The lowest BCUT2D eigenvalue weighted by Gasteiger charge is -2.32. The summed E-state index contributed by atoms with van der Waals surface area (Å²) in [6, 6.07) is 2.00. The average Bonchev–Trinajstić information content (AvgIpc) is 3.13. The number of hydrogen-bond acceptors (Lipinski definition) is 3. The quantitative estimate of drug-likeness (QED) is 0.902. The zero-order valence-electron chi connectivity index (χ0n) is 12.5. The van der Waals surface area contributed by atoms with Gasteiger partial charge in [-0.3, -0.25) is 15.0 Å². The molecule has 1 aliphatic heterocycles. The second kappa shape index (κ2) is 5.71. The summed E-state index contributed by atoms with van der Waals surface area (Å²) in [5, 5.41) is 14.1. The Morgan fingerprint density at radius 3 is 2.95 bits per heavy atom. The van der Waals surface area contributed by atoms with Crippen LogP contribution in [0.5, 0.6) is 0 Å². The number of nitrogens with one attached hydrogen (secondary N) is 2. The van der Waals surface area contributed by atoms with Crippen molar-refractivity contribution >= 4 is 5.91 Å². The highest BCUT2D eigenvalue weighted by Gasteiger charge is 2.26. The fourth-order valence-corrected chi connectivity index (χ4v) is 3.05. The van der Waals surface area contributed by atoms with Gasteiger partial charge in [-0.05, 0) is 32.8 Å². The molecule has 2 aromatic heterocycles. The first-order valence-corrected chi connectivity index (χ1v) is 7.42. The maximum absolute atomic E-state index is 12.5. The van der Waals surface area contributed by atoms with E-state index in [0.717, 1.165) is 48.6 Å². The zero-order valence-corrected chi connectivity index (χ0v) is 12.5. The predicted molar refractivity (Wildman–Crippen MR) is 78.9 cm³/mol.